The topological polar surface area (TPSA) is 52.5 Å². The molecule has 0 aliphatic rings. The minimum Gasteiger partial charge on any atom is -0.329 e. The first-order chi connectivity index (χ1) is 6.29. The Hall–Kier alpha value is -1.53. The van der Waals surface area contributed by atoms with Crippen molar-refractivity contribution in [1.82, 2.24) is 9.97 Å². The molecule has 0 aliphatic heterocycles. The van der Waals surface area contributed by atoms with Gasteiger partial charge in [0, 0.05) is 0 Å². The van der Waals surface area contributed by atoms with E-state index in [1.807, 2.05) is 18.2 Å². The van der Waals surface area contributed by atoms with Gasteiger partial charge in [0.1, 0.15) is 0 Å². The number of aromatic amines is 1. The SMILES string of the molecule is N#CCc1ccc2nc(Cl)[nH]c2c1. The number of imidazole rings is 1. The van der Waals surface area contributed by atoms with Gasteiger partial charge in [-0.25, -0.2) is 4.98 Å². The normalized spacial score (nSPS) is 10.2. The van der Waals surface area contributed by atoms with Crippen molar-refractivity contribution >= 4 is 22.6 Å². The number of halogens is 1. The molecule has 13 heavy (non-hydrogen) atoms. The molecule has 0 atom stereocenters. The van der Waals surface area contributed by atoms with E-state index in [1.165, 1.54) is 0 Å². The van der Waals surface area contributed by atoms with Crippen LogP contribution in [0.3, 0.4) is 0 Å². The Morgan fingerprint density at radius 2 is 2.38 bits per heavy atom. The van der Waals surface area contributed by atoms with E-state index >= 15 is 0 Å². The molecule has 0 radical (unpaired) electrons. The Morgan fingerprint density at radius 1 is 1.54 bits per heavy atom. The second kappa shape index (κ2) is 3.08. The lowest BCUT2D eigenvalue weighted by Gasteiger charge is -1.92. The Morgan fingerprint density at radius 3 is 3.15 bits per heavy atom. The summed E-state index contributed by atoms with van der Waals surface area (Å²) < 4.78 is 0. The van der Waals surface area contributed by atoms with E-state index in [-0.39, 0.29) is 0 Å². The number of benzene rings is 1. The van der Waals surface area contributed by atoms with Crippen LogP contribution in [0.2, 0.25) is 5.28 Å². The smallest absolute Gasteiger partial charge is 0.201 e. The lowest BCUT2D eigenvalue weighted by molar-refractivity contribution is 1.27. The maximum absolute atomic E-state index is 8.50. The number of H-pyrrole nitrogens is 1. The Labute approximate surface area is 80.0 Å². The van der Waals surface area contributed by atoms with Crippen LogP contribution in [0.15, 0.2) is 18.2 Å². The number of fused-ring (bicyclic) bond motifs is 1. The molecule has 0 aliphatic carbocycles. The third kappa shape index (κ3) is 1.49. The van der Waals surface area contributed by atoms with Crippen molar-refractivity contribution in [3.63, 3.8) is 0 Å². The summed E-state index contributed by atoms with van der Waals surface area (Å²) in [6.07, 6.45) is 0.409. The van der Waals surface area contributed by atoms with Crippen LogP contribution in [0.25, 0.3) is 11.0 Å². The monoisotopic (exact) mass is 191 g/mol. The molecule has 4 heteroatoms. The molecule has 0 fully saturated rings. The van der Waals surface area contributed by atoms with Crippen molar-refractivity contribution in [2.75, 3.05) is 0 Å². The van der Waals surface area contributed by atoms with Gasteiger partial charge < -0.3 is 4.98 Å². The molecule has 2 aromatic rings. The van der Waals surface area contributed by atoms with Gasteiger partial charge in [-0.2, -0.15) is 5.26 Å². The second-order valence-corrected chi connectivity index (χ2v) is 3.07. The summed E-state index contributed by atoms with van der Waals surface area (Å²) in [4.78, 5) is 6.94. The van der Waals surface area contributed by atoms with Gasteiger partial charge in [-0.05, 0) is 29.3 Å². The molecule has 64 valence electrons. The molecule has 0 saturated heterocycles. The highest BCUT2D eigenvalue weighted by Crippen LogP contribution is 2.16. The zero-order valence-corrected chi connectivity index (χ0v) is 7.47. The van der Waals surface area contributed by atoms with E-state index in [0.717, 1.165) is 16.6 Å². The zero-order valence-electron chi connectivity index (χ0n) is 6.71. The maximum Gasteiger partial charge on any atom is 0.201 e. The molecule has 1 aromatic heterocycles. The maximum atomic E-state index is 8.50. The molecule has 0 spiro atoms. The van der Waals surface area contributed by atoms with Crippen LogP contribution in [-0.2, 0) is 6.42 Å². The van der Waals surface area contributed by atoms with Crippen molar-refractivity contribution < 1.29 is 0 Å². The molecule has 0 amide bonds. The fourth-order valence-electron chi connectivity index (χ4n) is 1.23. The Bertz CT molecular complexity index is 481. The molecule has 2 rings (SSSR count). The predicted molar refractivity (Wildman–Crippen MR) is 50.4 cm³/mol. The average Bonchev–Trinajstić information content (AvgIpc) is 2.44. The quantitative estimate of drug-likeness (QED) is 0.752. The van der Waals surface area contributed by atoms with Crippen molar-refractivity contribution in [1.29, 1.82) is 5.26 Å². The van der Waals surface area contributed by atoms with E-state index in [4.69, 9.17) is 16.9 Å². The van der Waals surface area contributed by atoms with E-state index in [0.29, 0.717) is 11.7 Å². The number of rotatable bonds is 1. The number of nitriles is 1. The molecule has 0 bridgehead atoms. The fraction of sp³-hybridized carbons (Fsp3) is 0.111. The Balaban J connectivity index is 2.56. The van der Waals surface area contributed by atoms with Crippen LogP contribution in [0.4, 0.5) is 0 Å². The van der Waals surface area contributed by atoms with Crippen molar-refractivity contribution in [3.8, 4) is 6.07 Å². The van der Waals surface area contributed by atoms with E-state index < -0.39 is 0 Å². The minimum atomic E-state index is 0.379. The van der Waals surface area contributed by atoms with Gasteiger partial charge in [0.25, 0.3) is 0 Å². The number of hydrogen-bond acceptors (Lipinski definition) is 2. The fourth-order valence-corrected chi connectivity index (χ4v) is 1.42. The molecule has 1 N–H and O–H groups in total. The minimum absolute atomic E-state index is 0.379. The largest absolute Gasteiger partial charge is 0.329 e. The summed E-state index contributed by atoms with van der Waals surface area (Å²) >= 11 is 5.68. The van der Waals surface area contributed by atoms with Crippen LogP contribution < -0.4 is 0 Å². The Kier molecular flexibility index (Phi) is 1.91. The molecule has 0 saturated carbocycles. The highest BCUT2D eigenvalue weighted by molar-refractivity contribution is 6.29. The molecule has 1 heterocycles. The van der Waals surface area contributed by atoms with Gasteiger partial charge in [0.2, 0.25) is 5.28 Å². The average molecular weight is 192 g/mol. The van der Waals surface area contributed by atoms with Crippen LogP contribution in [0.5, 0.6) is 0 Å². The van der Waals surface area contributed by atoms with Crippen LogP contribution in [0.1, 0.15) is 5.56 Å². The number of nitrogens with zero attached hydrogens (tertiary/aromatic N) is 2. The summed E-state index contributed by atoms with van der Waals surface area (Å²) in [5, 5.41) is 8.87. The molecular formula is C9H6ClN3. The second-order valence-electron chi connectivity index (χ2n) is 2.71. The van der Waals surface area contributed by atoms with Crippen molar-refractivity contribution in [2.24, 2.45) is 0 Å². The van der Waals surface area contributed by atoms with E-state index in [1.54, 1.807) is 0 Å². The number of nitrogens with one attached hydrogen (secondary N) is 1. The van der Waals surface area contributed by atoms with Crippen LogP contribution in [0, 0.1) is 11.3 Å². The van der Waals surface area contributed by atoms with Crippen molar-refractivity contribution in [2.45, 2.75) is 6.42 Å². The van der Waals surface area contributed by atoms with Crippen molar-refractivity contribution in [3.05, 3.63) is 29.0 Å². The first kappa shape index (κ1) is 8.09. The first-order valence-corrected chi connectivity index (χ1v) is 4.18. The van der Waals surface area contributed by atoms with Gasteiger partial charge >= 0.3 is 0 Å². The van der Waals surface area contributed by atoms with E-state index in [2.05, 4.69) is 16.0 Å². The van der Waals surface area contributed by atoms with Gasteiger partial charge in [-0.15, -0.1) is 0 Å². The third-order valence-electron chi connectivity index (χ3n) is 1.80. The van der Waals surface area contributed by atoms with Gasteiger partial charge in [-0.3, -0.25) is 0 Å². The molecule has 0 unspecified atom stereocenters. The first-order valence-electron chi connectivity index (χ1n) is 3.80. The number of hydrogen-bond donors (Lipinski definition) is 1. The third-order valence-corrected chi connectivity index (χ3v) is 1.98. The van der Waals surface area contributed by atoms with Gasteiger partial charge in [0.15, 0.2) is 0 Å². The molecule has 1 aromatic carbocycles. The standard InChI is InChI=1S/C9H6ClN3/c10-9-12-7-2-1-6(3-4-11)5-8(7)13-9/h1-2,5H,3H2,(H,12,13). The van der Waals surface area contributed by atoms with E-state index in [9.17, 15) is 0 Å². The lowest BCUT2D eigenvalue weighted by Crippen LogP contribution is -1.80. The highest BCUT2D eigenvalue weighted by atomic mass is 35.5. The summed E-state index contributed by atoms with van der Waals surface area (Å²) in [6.45, 7) is 0. The molecular weight excluding hydrogens is 186 g/mol. The van der Waals surface area contributed by atoms with Gasteiger partial charge in [-0.1, -0.05) is 6.07 Å². The summed E-state index contributed by atoms with van der Waals surface area (Å²) in [7, 11) is 0. The molecule has 3 nitrogen and oxygen atoms in total. The zero-order chi connectivity index (χ0) is 9.26. The van der Waals surface area contributed by atoms with Crippen LogP contribution >= 0.6 is 11.6 Å². The highest BCUT2D eigenvalue weighted by Gasteiger charge is 2.00. The van der Waals surface area contributed by atoms with Gasteiger partial charge in [0.05, 0.1) is 23.5 Å². The number of aromatic nitrogens is 2. The summed E-state index contributed by atoms with van der Waals surface area (Å²) in [5.41, 5.74) is 2.67. The van der Waals surface area contributed by atoms with Crippen LogP contribution in [-0.4, -0.2) is 9.97 Å². The summed E-state index contributed by atoms with van der Waals surface area (Å²) in [6, 6.07) is 7.70. The summed E-state index contributed by atoms with van der Waals surface area (Å²) in [5.74, 6) is 0. The lowest BCUT2D eigenvalue weighted by atomic mass is 10.1. The predicted octanol–water partition coefficient (Wildman–Crippen LogP) is 2.28.